The number of hydrogen-bond acceptors (Lipinski definition) is 8. The average molecular weight is 615 g/mol. The standard InChI is InChI=1S/C35H42N4O6/c1-4-35(43)27-18-29-31-22(19-39(29)32(40)26(27)20-44-33(35)41)17-24-25(16-21(2)3)30(9-8-28(24)36-31)45-34(42)38-14-10-23(11-15-38)37-12-6-5-7-13-37/h8-9,17-18,21,23,43H,4-7,10-16,19-20H2,1-3H3/t35-/m0/s1. The normalized spacial score (nSPS) is 21.9. The lowest BCUT2D eigenvalue weighted by Crippen LogP contribution is -2.48. The van der Waals surface area contributed by atoms with E-state index in [0.717, 1.165) is 34.9 Å². The Morgan fingerprint density at radius 2 is 1.87 bits per heavy atom. The van der Waals surface area contributed by atoms with Gasteiger partial charge in [0.25, 0.3) is 5.56 Å². The van der Waals surface area contributed by atoms with E-state index < -0.39 is 11.6 Å². The van der Waals surface area contributed by atoms with Crippen LogP contribution in [0.3, 0.4) is 0 Å². The number of carbonyl (C=O) groups excluding carboxylic acids is 2. The number of pyridine rings is 2. The van der Waals surface area contributed by atoms with Gasteiger partial charge in [0.1, 0.15) is 12.4 Å². The second-order valence-electron chi connectivity index (χ2n) is 13.5. The minimum atomic E-state index is -1.87. The van der Waals surface area contributed by atoms with Crippen LogP contribution >= 0.6 is 0 Å². The maximum Gasteiger partial charge on any atom is 0.415 e. The van der Waals surface area contributed by atoms with Crippen LogP contribution in [0, 0.1) is 5.92 Å². The van der Waals surface area contributed by atoms with Crippen LogP contribution in [0.4, 0.5) is 4.79 Å². The second-order valence-corrected chi connectivity index (χ2v) is 13.5. The molecule has 6 heterocycles. The van der Waals surface area contributed by atoms with E-state index in [2.05, 4.69) is 24.8 Å². The molecule has 10 nitrogen and oxygen atoms in total. The van der Waals surface area contributed by atoms with Gasteiger partial charge in [0.2, 0.25) is 0 Å². The van der Waals surface area contributed by atoms with Crippen LogP contribution in [0.1, 0.15) is 81.5 Å². The molecule has 0 spiro atoms. The molecule has 0 bridgehead atoms. The highest BCUT2D eigenvalue weighted by Gasteiger charge is 2.45. The van der Waals surface area contributed by atoms with Gasteiger partial charge in [-0.1, -0.05) is 27.2 Å². The lowest BCUT2D eigenvalue weighted by molar-refractivity contribution is -0.172. The molecule has 1 N–H and O–H groups in total. The van der Waals surface area contributed by atoms with E-state index in [0.29, 0.717) is 66.3 Å². The molecule has 238 valence electrons. The first kappa shape index (κ1) is 29.9. The lowest BCUT2D eigenvalue weighted by Gasteiger charge is -2.39. The molecule has 4 aliphatic rings. The fourth-order valence-electron chi connectivity index (χ4n) is 7.66. The molecular formula is C35H42N4O6. The Hall–Kier alpha value is -3.76. The predicted octanol–water partition coefficient (Wildman–Crippen LogP) is 4.73. The number of aliphatic hydroxyl groups is 1. The van der Waals surface area contributed by atoms with Gasteiger partial charge in [0, 0.05) is 41.2 Å². The summed E-state index contributed by atoms with van der Waals surface area (Å²) in [6.07, 6.45) is 6.28. The predicted molar refractivity (Wildman–Crippen MR) is 169 cm³/mol. The Labute approximate surface area is 262 Å². The van der Waals surface area contributed by atoms with Crippen molar-refractivity contribution in [3.05, 3.63) is 56.9 Å². The molecular weight excluding hydrogens is 572 g/mol. The van der Waals surface area contributed by atoms with Gasteiger partial charge in [0.05, 0.1) is 29.0 Å². The van der Waals surface area contributed by atoms with Gasteiger partial charge < -0.3 is 28.9 Å². The first-order chi connectivity index (χ1) is 21.7. The molecule has 4 aliphatic heterocycles. The number of hydrogen-bond donors (Lipinski definition) is 1. The highest BCUT2D eigenvalue weighted by Crippen LogP contribution is 2.40. The van der Waals surface area contributed by atoms with E-state index in [1.54, 1.807) is 17.6 Å². The van der Waals surface area contributed by atoms with Crippen molar-refractivity contribution in [2.75, 3.05) is 26.2 Å². The molecule has 3 aromatic rings. The summed E-state index contributed by atoms with van der Waals surface area (Å²) in [7, 11) is 0. The number of aromatic nitrogens is 2. The van der Waals surface area contributed by atoms with Gasteiger partial charge in [-0.3, -0.25) is 4.79 Å². The molecule has 7 rings (SSSR count). The average Bonchev–Trinajstić information content (AvgIpc) is 3.41. The highest BCUT2D eigenvalue weighted by atomic mass is 16.6. The number of amides is 1. The second kappa shape index (κ2) is 11.6. The number of piperidine rings is 2. The van der Waals surface area contributed by atoms with Crippen molar-refractivity contribution < 1.29 is 24.2 Å². The minimum Gasteiger partial charge on any atom is -0.458 e. The number of carbonyl (C=O) groups is 2. The molecule has 2 aromatic heterocycles. The zero-order chi connectivity index (χ0) is 31.5. The van der Waals surface area contributed by atoms with Gasteiger partial charge in [-0.15, -0.1) is 0 Å². The number of ether oxygens (including phenoxy) is 2. The van der Waals surface area contributed by atoms with Gasteiger partial charge >= 0.3 is 12.1 Å². The Morgan fingerprint density at radius 3 is 2.58 bits per heavy atom. The van der Waals surface area contributed by atoms with Crippen molar-refractivity contribution in [2.24, 2.45) is 5.92 Å². The molecule has 0 radical (unpaired) electrons. The van der Waals surface area contributed by atoms with E-state index in [4.69, 9.17) is 14.5 Å². The van der Waals surface area contributed by atoms with Crippen molar-refractivity contribution in [2.45, 2.75) is 90.5 Å². The Balaban J connectivity index is 1.19. The summed E-state index contributed by atoms with van der Waals surface area (Å²) in [6.45, 7) is 9.84. The van der Waals surface area contributed by atoms with Crippen LogP contribution in [0.5, 0.6) is 5.75 Å². The molecule has 1 aromatic carbocycles. The molecule has 2 saturated heterocycles. The van der Waals surface area contributed by atoms with Crippen molar-refractivity contribution in [1.82, 2.24) is 19.4 Å². The first-order valence-electron chi connectivity index (χ1n) is 16.5. The zero-order valence-electron chi connectivity index (χ0n) is 26.4. The largest absolute Gasteiger partial charge is 0.458 e. The summed E-state index contributed by atoms with van der Waals surface area (Å²) in [6, 6.07) is 8.02. The number of cyclic esters (lactones) is 1. The molecule has 2 fully saturated rings. The van der Waals surface area contributed by atoms with Crippen LogP contribution in [0.2, 0.25) is 0 Å². The van der Waals surface area contributed by atoms with Gasteiger partial charge in [0.15, 0.2) is 5.60 Å². The van der Waals surface area contributed by atoms with Gasteiger partial charge in [-0.2, -0.15) is 0 Å². The van der Waals surface area contributed by atoms with Crippen LogP contribution < -0.4 is 10.3 Å². The van der Waals surface area contributed by atoms with Crippen LogP contribution in [0.25, 0.3) is 22.3 Å². The molecule has 10 heteroatoms. The van der Waals surface area contributed by atoms with Gasteiger partial charge in [-0.05, 0) is 81.8 Å². The first-order valence-corrected chi connectivity index (χ1v) is 16.5. The molecule has 0 aliphatic carbocycles. The summed E-state index contributed by atoms with van der Waals surface area (Å²) >= 11 is 0. The number of rotatable bonds is 5. The number of fused-ring (bicyclic) bond motifs is 5. The minimum absolute atomic E-state index is 0.0935. The summed E-state index contributed by atoms with van der Waals surface area (Å²) in [5.74, 6) is 0.114. The molecule has 1 amide bonds. The van der Waals surface area contributed by atoms with Crippen molar-refractivity contribution in [3.63, 3.8) is 0 Å². The topological polar surface area (TPSA) is 114 Å². The summed E-state index contributed by atoms with van der Waals surface area (Å²) < 4.78 is 12.9. The van der Waals surface area contributed by atoms with E-state index in [9.17, 15) is 19.5 Å². The summed E-state index contributed by atoms with van der Waals surface area (Å²) in [4.78, 5) is 48.9. The zero-order valence-corrected chi connectivity index (χ0v) is 26.4. The van der Waals surface area contributed by atoms with Crippen molar-refractivity contribution in [3.8, 4) is 17.1 Å². The quantitative estimate of drug-likeness (QED) is 0.321. The SMILES string of the molecule is CC[C@@]1(O)C(=O)OCc2c1cc1n(c2=O)Cc2cc3c(CC(C)C)c(OC(=O)N4CCC(N5CCCCC5)CC4)ccc3nc2-1. The maximum atomic E-state index is 13.6. The Morgan fingerprint density at radius 1 is 1.11 bits per heavy atom. The third-order valence-corrected chi connectivity index (χ3v) is 10.2. The fraction of sp³-hybridized carbons (Fsp3) is 0.543. The number of esters is 1. The molecule has 0 unspecified atom stereocenters. The summed E-state index contributed by atoms with van der Waals surface area (Å²) in [5.41, 5.74) is 2.19. The van der Waals surface area contributed by atoms with Crippen molar-refractivity contribution in [1.29, 1.82) is 0 Å². The monoisotopic (exact) mass is 614 g/mol. The van der Waals surface area contributed by atoms with Crippen LogP contribution in [-0.4, -0.2) is 68.7 Å². The lowest BCUT2D eigenvalue weighted by atomic mass is 9.86. The third-order valence-electron chi connectivity index (χ3n) is 10.2. The Kier molecular flexibility index (Phi) is 7.68. The fourth-order valence-corrected chi connectivity index (χ4v) is 7.66. The van der Waals surface area contributed by atoms with Gasteiger partial charge in [-0.25, -0.2) is 14.6 Å². The highest BCUT2D eigenvalue weighted by molar-refractivity contribution is 5.90. The molecule has 0 saturated carbocycles. The molecule has 1 atom stereocenters. The van der Waals surface area contributed by atoms with Crippen LogP contribution in [-0.2, 0) is 34.7 Å². The van der Waals surface area contributed by atoms with E-state index in [1.165, 1.54) is 32.4 Å². The number of benzene rings is 1. The maximum absolute atomic E-state index is 13.6. The van der Waals surface area contributed by atoms with E-state index in [-0.39, 0.29) is 24.7 Å². The van der Waals surface area contributed by atoms with Crippen molar-refractivity contribution >= 4 is 23.0 Å². The summed E-state index contributed by atoms with van der Waals surface area (Å²) in [5, 5.41) is 12.1. The Bertz CT molecular complexity index is 1730. The molecule has 45 heavy (non-hydrogen) atoms. The number of nitrogens with zero attached hydrogens (tertiary/aromatic N) is 4. The van der Waals surface area contributed by atoms with Crippen LogP contribution in [0.15, 0.2) is 29.1 Å². The smallest absolute Gasteiger partial charge is 0.415 e. The third kappa shape index (κ3) is 5.12. The van der Waals surface area contributed by atoms with E-state index >= 15 is 0 Å². The number of likely N-dealkylation sites (tertiary alicyclic amines) is 2. The van der Waals surface area contributed by atoms with E-state index in [1.807, 2.05) is 17.0 Å².